The van der Waals surface area contributed by atoms with E-state index in [0.29, 0.717) is 12.8 Å². The SMILES string of the molecule is CC(C)C[C@H](CNC(=O)c1ncoc1C(F)(F)F)CC(=O)O. The lowest BCUT2D eigenvalue weighted by atomic mass is 9.94. The van der Waals surface area contributed by atoms with E-state index in [4.69, 9.17) is 5.11 Å². The van der Waals surface area contributed by atoms with Gasteiger partial charge < -0.3 is 14.8 Å². The Morgan fingerprint density at radius 2 is 2.05 bits per heavy atom. The number of carboxylic acids is 1. The first-order chi connectivity index (χ1) is 10.1. The van der Waals surface area contributed by atoms with Crippen LogP contribution >= 0.6 is 0 Å². The molecule has 0 fully saturated rings. The highest BCUT2D eigenvalue weighted by Crippen LogP contribution is 2.31. The first kappa shape index (κ1) is 18.0. The lowest BCUT2D eigenvalue weighted by molar-refractivity contribution is -0.153. The molecule has 0 bridgehead atoms. The lowest BCUT2D eigenvalue weighted by Gasteiger charge is -2.17. The van der Waals surface area contributed by atoms with Gasteiger partial charge in [-0.15, -0.1) is 0 Å². The topological polar surface area (TPSA) is 92.4 Å². The molecule has 1 aromatic rings. The van der Waals surface area contributed by atoms with Crippen LogP contribution < -0.4 is 5.32 Å². The van der Waals surface area contributed by atoms with Crippen LogP contribution in [0.4, 0.5) is 13.2 Å². The van der Waals surface area contributed by atoms with E-state index in [-0.39, 0.29) is 24.8 Å². The summed E-state index contributed by atoms with van der Waals surface area (Å²) >= 11 is 0. The minimum atomic E-state index is -4.82. The van der Waals surface area contributed by atoms with E-state index in [1.807, 2.05) is 13.8 Å². The Hall–Kier alpha value is -2.06. The molecule has 1 atom stereocenters. The molecule has 0 unspecified atom stereocenters. The molecular formula is C13H17F3N2O4. The third kappa shape index (κ3) is 5.38. The summed E-state index contributed by atoms with van der Waals surface area (Å²) in [5, 5.41) is 11.1. The molecule has 9 heteroatoms. The summed E-state index contributed by atoms with van der Waals surface area (Å²) in [6.07, 6.45) is -3.93. The number of carbonyl (C=O) groups is 2. The molecule has 124 valence electrons. The van der Waals surface area contributed by atoms with E-state index in [1.165, 1.54) is 0 Å². The quantitative estimate of drug-likeness (QED) is 0.805. The average molecular weight is 322 g/mol. The maximum atomic E-state index is 12.6. The van der Waals surface area contributed by atoms with Crippen LogP contribution in [0, 0.1) is 11.8 Å². The number of carbonyl (C=O) groups excluding carboxylic acids is 1. The van der Waals surface area contributed by atoms with Crippen LogP contribution in [0.3, 0.4) is 0 Å². The zero-order valence-corrected chi connectivity index (χ0v) is 12.1. The van der Waals surface area contributed by atoms with Gasteiger partial charge in [0, 0.05) is 13.0 Å². The Labute approximate surface area is 124 Å². The molecule has 1 heterocycles. The number of nitrogens with zero attached hydrogens (tertiary/aromatic N) is 1. The van der Waals surface area contributed by atoms with Gasteiger partial charge in [0.1, 0.15) is 0 Å². The molecule has 0 saturated heterocycles. The molecule has 1 aromatic heterocycles. The van der Waals surface area contributed by atoms with Crippen molar-refractivity contribution in [2.24, 2.45) is 11.8 Å². The molecule has 0 aliphatic carbocycles. The fourth-order valence-corrected chi connectivity index (χ4v) is 2.08. The summed E-state index contributed by atoms with van der Waals surface area (Å²) in [5.41, 5.74) is -0.855. The lowest BCUT2D eigenvalue weighted by Crippen LogP contribution is -2.32. The molecule has 0 radical (unpaired) electrons. The number of hydrogen-bond acceptors (Lipinski definition) is 4. The van der Waals surface area contributed by atoms with Crippen molar-refractivity contribution in [3.05, 3.63) is 17.8 Å². The van der Waals surface area contributed by atoms with Crippen molar-refractivity contribution in [3.63, 3.8) is 0 Å². The van der Waals surface area contributed by atoms with Crippen molar-refractivity contribution in [3.8, 4) is 0 Å². The average Bonchev–Trinajstić information content (AvgIpc) is 2.83. The Kier molecular flexibility index (Phi) is 5.95. The summed E-state index contributed by atoms with van der Waals surface area (Å²) in [6, 6.07) is 0. The molecule has 6 nitrogen and oxygen atoms in total. The zero-order valence-electron chi connectivity index (χ0n) is 12.1. The number of alkyl halides is 3. The maximum Gasteiger partial charge on any atom is 0.452 e. The highest BCUT2D eigenvalue weighted by Gasteiger charge is 2.40. The monoisotopic (exact) mass is 322 g/mol. The number of amides is 1. The number of hydrogen-bond donors (Lipinski definition) is 2. The Morgan fingerprint density at radius 3 is 2.55 bits per heavy atom. The Morgan fingerprint density at radius 1 is 1.41 bits per heavy atom. The minimum absolute atomic E-state index is 0.0481. The van der Waals surface area contributed by atoms with E-state index in [9.17, 15) is 22.8 Å². The van der Waals surface area contributed by atoms with Crippen molar-refractivity contribution in [1.29, 1.82) is 0 Å². The van der Waals surface area contributed by atoms with Gasteiger partial charge in [-0.25, -0.2) is 4.98 Å². The molecule has 0 aliphatic heterocycles. The highest BCUT2D eigenvalue weighted by molar-refractivity contribution is 5.93. The molecule has 1 amide bonds. The molecule has 2 N–H and O–H groups in total. The van der Waals surface area contributed by atoms with Crippen molar-refractivity contribution < 1.29 is 32.3 Å². The van der Waals surface area contributed by atoms with Gasteiger partial charge >= 0.3 is 12.1 Å². The third-order valence-corrected chi connectivity index (χ3v) is 2.86. The van der Waals surface area contributed by atoms with Crippen molar-refractivity contribution >= 4 is 11.9 Å². The van der Waals surface area contributed by atoms with Gasteiger partial charge in [0.05, 0.1) is 0 Å². The van der Waals surface area contributed by atoms with Gasteiger partial charge in [-0.05, 0) is 18.3 Å². The van der Waals surface area contributed by atoms with E-state index < -0.39 is 29.5 Å². The molecule has 0 aliphatic rings. The molecule has 0 spiro atoms. The second-order valence-electron chi connectivity index (χ2n) is 5.33. The number of aliphatic carboxylic acids is 1. The first-order valence-electron chi connectivity index (χ1n) is 6.62. The number of nitrogens with one attached hydrogen (secondary N) is 1. The van der Waals surface area contributed by atoms with Crippen LogP contribution in [0.15, 0.2) is 10.8 Å². The largest absolute Gasteiger partial charge is 0.481 e. The summed E-state index contributed by atoms with van der Waals surface area (Å²) in [5.74, 6) is -3.72. The van der Waals surface area contributed by atoms with E-state index in [0.717, 1.165) is 0 Å². The predicted molar refractivity (Wildman–Crippen MR) is 69.0 cm³/mol. The molecule has 0 saturated carbocycles. The molecule has 1 rings (SSSR count). The van der Waals surface area contributed by atoms with Gasteiger partial charge in [-0.1, -0.05) is 13.8 Å². The van der Waals surface area contributed by atoms with Gasteiger partial charge in [0.2, 0.25) is 5.76 Å². The van der Waals surface area contributed by atoms with Crippen LogP contribution in [-0.2, 0) is 11.0 Å². The van der Waals surface area contributed by atoms with Gasteiger partial charge in [0.15, 0.2) is 12.1 Å². The Bertz CT molecular complexity index is 526. The van der Waals surface area contributed by atoms with Crippen molar-refractivity contribution in [2.75, 3.05) is 6.54 Å². The van der Waals surface area contributed by atoms with Gasteiger partial charge in [-0.2, -0.15) is 13.2 Å². The number of halogens is 3. The number of aromatic nitrogens is 1. The van der Waals surface area contributed by atoms with Crippen LogP contribution in [-0.4, -0.2) is 28.5 Å². The van der Waals surface area contributed by atoms with Crippen LogP contribution in [0.2, 0.25) is 0 Å². The van der Waals surface area contributed by atoms with E-state index in [2.05, 4.69) is 14.7 Å². The molecular weight excluding hydrogens is 305 g/mol. The minimum Gasteiger partial charge on any atom is -0.481 e. The second-order valence-corrected chi connectivity index (χ2v) is 5.33. The fraction of sp³-hybridized carbons (Fsp3) is 0.615. The number of oxazole rings is 1. The first-order valence-corrected chi connectivity index (χ1v) is 6.62. The van der Waals surface area contributed by atoms with Crippen LogP contribution in [0.1, 0.15) is 42.9 Å². The molecule has 22 heavy (non-hydrogen) atoms. The van der Waals surface area contributed by atoms with Gasteiger partial charge in [0.25, 0.3) is 5.91 Å². The number of rotatable bonds is 7. The highest BCUT2D eigenvalue weighted by atomic mass is 19.4. The van der Waals surface area contributed by atoms with E-state index in [1.54, 1.807) is 0 Å². The normalized spacial score (nSPS) is 13.2. The van der Waals surface area contributed by atoms with Crippen LogP contribution in [0.25, 0.3) is 0 Å². The smallest absolute Gasteiger partial charge is 0.452 e. The third-order valence-electron chi connectivity index (χ3n) is 2.86. The number of carboxylic acid groups (broad SMARTS) is 1. The second kappa shape index (κ2) is 7.28. The van der Waals surface area contributed by atoms with E-state index >= 15 is 0 Å². The van der Waals surface area contributed by atoms with Crippen molar-refractivity contribution in [1.82, 2.24) is 10.3 Å². The van der Waals surface area contributed by atoms with Crippen LogP contribution in [0.5, 0.6) is 0 Å². The summed E-state index contributed by atoms with van der Waals surface area (Å²) in [6.45, 7) is 3.72. The molecule has 0 aromatic carbocycles. The standard InChI is InChI=1S/C13H17F3N2O4/c1-7(2)3-8(4-9(19)20)5-17-12(21)10-11(13(14,15)16)22-6-18-10/h6-8H,3-5H2,1-2H3,(H,17,21)(H,19,20)/t8-/m0/s1. The summed E-state index contributed by atoms with van der Waals surface area (Å²) in [7, 11) is 0. The summed E-state index contributed by atoms with van der Waals surface area (Å²) in [4.78, 5) is 25.8. The van der Waals surface area contributed by atoms with Gasteiger partial charge in [-0.3, -0.25) is 9.59 Å². The maximum absolute atomic E-state index is 12.6. The predicted octanol–water partition coefficient (Wildman–Crippen LogP) is 2.56. The van der Waals surface area contributed by atoms with Crippen molar-refractivity contribution in [2.45, 2.75) is 32.9 Å². The zero-order chi connectivity index (χ0) is 16.9. The fourth-order valence-electron chi connectivity index (χ4n) is 2.08. The Balaban J connectivity index is 2.71. The summed E-state index contributed by atoms with van der Waals surface area (Å²) < 4.78 is 42.0.